The van der Waals surface area contributed by atoms with E-state index >= 15 is 0 Å². The lowest BCUT2D eigenvalue weighted by Gasteiger charge is -2.29. The molecule has 2 unspecified atom stereocenters. The highest BCUT2D eigenvalue weighted by Gasteiger charge is 2.22. The van der Waals surface area contributed by atoms with Gasteiger partial charge in [0.25, 0.3) is 0 Å². The van der Waals surface area contributed by atoms with E-state index in [2.05, 4.69) is 5.32 Å². The Kier molecular flexibility index (Phi) is 7.29. The topological polar surface area (TPSA) is 78.9 Å². The number of hydrogen-bond donors (Lipinski definition) is 2. The fourth-order valence-corrected chi connectivity index (χ4v) is 1.26. The Labute approximate surface area is 102 Å². The van der Waals surface area contributed by atoms with Gasteiger partial charge < -0.3 is 20.1 Å². The van der Waals surface area contributed by atoms with Gasteiger partial charge in [-0.05, 0) is 20.3 Å². The van der Waals surface area contributed by atoms with Crippen LogP contribution in [0, 0.1) is 0 Å². The molecule has 6 heteroatoms. The van der Waals surface area contributed by atoms with Gasteiger partial charge in [-0.25, -0.2) is 4.79 Å². The van der Waals surface area contributed by atoms with Crippen LogP contribution in [0.4, 0.5) is 4.79 Å². The standard InChI is InChI=1S/C11H22N2O4/c1-5-8(2)13(6-7-17-4)11(16)12-9(3)10(14)15/h8-9H,5-7H2,1-4H3,(H,12,16)(H,14,15). The third-order valence-electron chi connectivity index (χ3n) is 2.63. The van der Waals surface area contributed by atoms with Crippen LogP contribution in [-0.2, 0) is 9.53 Å². The van der Waals surface area contributed by atoms with Crippen LogP contribution < -0.4 is 5.32 Å². The summed E-state index contributed by atoms with van der Waals surface area (Å²) in [6, 6.07) is -1.21. The van der Waals surface area contributed by atoms with Crippen LogP contribution in [0.1, 0.15) is 27.2 Å². The number of ether oxygens (including phenoxy) is 1. The molecule has 2 atom stereocenters. The van der Waals surface area contributed by atoms with E-state index in [9.17, 15) is 9.59 Å². The van der Waals surface area contributed by atoms with Crippen LogP contribution >= 0.6 is 0 Å². The lowest BCUT2D eigenvalue weighted by atomic mass is 10.2. The third kappa shape index (κ3) is 5.53. The second-order valence-corrected chi connectivity index (χ2v) is 3.95. The monoisotopic (exact) mass is 246 g/mol. The molecule has 0 spiro atoms. The molecule has 100 valence electrons. The fraction of sp³-hybridized carbons (Fsp3) is 0.818. The maximum absolute atomic E-state index is 11.9. The Balaban J connectivity index is 4.46. The van der Waals surface area contributed by atoms with E-state index in [4.69, 9.17) is 9.84 Å². The van der Waals surface area contributed by atoms with Crippen molar-refractivity contribution in [1.29, 1.82) is 0 Å². The first-order valence-corrected chi connectivity index (χ1v) is 5.72. The summed E-state index contributed by atoms with van der Waals surface area (Å²) in [5, 5.41) is 11.2. The normalized spacial score (nSPS) is 13.9. The van der Waals surface area contributed by atoms with Crippen LogP contribution in [0.25, 0.3) is 0 Å². The lowest BCUT2D eigenvalue weighted by molar-refractivity contribution is -0.138. The molecule has 0 fully saturated rings. The van der Waals surface area contributed by atoms with Crippen molar-refractivity contribution in [2.75, 3.05) is 20.3 Å². The van der Waals surface area contributed by atoms with Crippen molar-refractivity contribution in [2.24, 2.45) is 0 Å². The van der Waals surface area contributed by atoms with Crippen molar-refractivity contribution in [3.63, 3.8) is 0 Å². The summed E-state index contributed by atoms with van der Waals surface area (Å²) >= 11 is 0. The van der Waals surface area contributed by atoms with Crippen LogP contribution in [0.5, 0.6) is 0 Å². The van der Waals surface area contributed by atoms with Crippen LogP contribution in [0.3, 0.4) is 0 Å². The molecule has 0 heterocycles. The molecule has 0 rings (SSSR count). The first-order chi connectivity index (χ1) is 7.93. The molecule has 0 saturated heterocycles. The number of rotatable bonds is 7. The molecule has 0 saturated carbocycles. The number of amides is 2. The minimum Gasteiger partial charge on any atom is -0.480 e. The van der Waals surface area contributed by atoms with E-state index in [0.29, 0.717) is 13.2 Å². The summed E-state index contributed by atoms with van der Waals surface area (Å²) < 4.78 is 4.93. The molecule has 6 nitrogen and oxygen atoms in total. The van der Waals surface area contributed by atoms with Crippen molar-refractivity contribution >= 4 is 12.0 Å². The molecule has 0 aromatic rings. The van der Waals surface area contributed by atoms with E-state index in [1.165, 1.54) is 6.92 Å². The van der Waals surface area contributed by atoms with Gasteiger partial charge in [0.1, 0.15) is 6.04 Å². The van der Waals surface area contributed by atoms with Gasteiger partial charge in [-0.15, -0.1) is 0 Å². The molecule has 0 bridgehead atoms. The summed E-state index contributed by atoms with van der Waals surface area (Å²) in [4.78, 5) is 24.1. The zero-order chi connectivity index (χ0) is 13.4. The molecular formula is C11H22N2O4. The number of hydrogen-bond acceptors (Lipinski definition) is 3. The number of aliphatic carboxylic acids is 1. The van der Waals surface area contributed by atoms with Gasteiger partial charge in [0, 0.05) is 19.7 Å². The van der Waals surface area contributed by atoms with Gasteiger partial charge in [0.05, 0.1) is 6.61 Å². The third-order valence-corrected chi connectivity index (χ3v) is 2.63. The Morgan fingerprint density at radius 1 is 1.41 bits per heavy atom. The number of carboxylic acid groups (broad SMARTS) is 1. The predicted octanol–water partition coefficient (Wildman–Crippen LogP) is 0.916. The largest absolute Gasteiger partial charge is 0.480 e. The van der Waals surface area contributed by atoms with E-state index in [-0.39, 0.29) is 12.1 Å². The van der Waals surface area contributed by atoms with Crippen LogP contribution in [-0.4, -0.2) is 54.4 Å². The van der Waals surface area contributed by atoms with Crippen molar-refractivity contribution in [3.05, 3.63) is 0 Å². The number of urea groups is 1. The first-order valence-electron chi connectivity index (χ1n) is 5.72. The second kappa shape index (κ2) is 7.89. The number of nitrogens with zero attached hydrogens (tertiary/aromatic N) is 1. The average molecular weight is 246 g/mol. The zero-order valence-corrected chi connectivity index (χ0v) is 10.9. The predicted molar refractivity (Wildman–Crippen MR) is 64.0 cm³/mol. The highest BCUT2D eigenvalue weighted by molar-refractivity contribution is 5.82. The van der Waals surface area contributed by atoms with Gasteiger partial charge in [-0.3, -0.25) is 4.79 Å². The molecule has 0 aromatic carbocycles. The van der Waals surface area contributed by atoms with E-state index in [1.807, 2.05) is 13.8 Å². The number of methoxy groups -OCH3 is 1. The summed E-state index contributed by atoms with van der Waals surface area (Å²) in [5.74, 6) is -1.05. The van der Waals surface area contributed by atoms with E-state index in [1.54, 1.807) is 12.0 Å². The van der Waals surface area contributed by atoms with Gasteiger partial charge in [0.15, 0.2) is 0 Å². The Morgan fingerprint density at radius 3 is 2.41 bits per heavy atom. The maximum atomic E-state index is 11.9. The molecule has 2 N–H and O–H groups in total. The van der Waals surface area contributed by atoms with Crippen molar-refractivity contribution in [1.82, 2.24) is 10.2 Å². The molecule has 0 aromatic heterocycles. The quantitative estimate of drug-likeness (QED) is 0.700. The van der Waals surface area contributed by atoms with E-state index in [0.717, 1.165) is 6.42 Å². The molecular weight excluding hydrogens is 224 g/mol. The zero-order valence-electron chi connectivity index (χ0n) is 10.9. The summed E-state index contributed by atoms with van der Waals surface area (Å²) in [7, 11) is 1.56. The molecule has 0 radical (unpaired) electrons. The van der Waals surface area contributed by atoms with Crippen molar-refractivity contribution in [2.45, 2.75) is 39.3 Å². The van der Waals surface area contributed by atoms with E-state index < -0.39 is 12.0 Å². The smallest absolute Gasteiger partial charge is 0.325 e. The molecule has 0 aliphatic rings. The minimum atomic E-state index is -1.05. The molecule has 2 amide bonds. The summed E-state index contributed by atoms with van der Waals surface area (Å²) in [6.45, 7) is 6.20. The number of carbonyl (C=O) groups is 2. The second-order valence-electron chi connectivity index (χ2n) is 3.95. The van der Waals surface area contributed by atoms with Gasteiger partial charge >= 0.3 is 12.0 Å². The number of nitrogens with one attached hydrogen (secondary N) is 1. The Hall–Kier alpha value is -1.30. The molecule has 0 aliphatic carbocycles. The summed E-state index contributed by atoms with van der Waals surface area (Å²) in [5.41, 5.74) is 0. The van der Waals surface area contributed by atoms with Gasteiger partial charge in [-0.1, -0.05) is 6.92 Å². The minimum absolute atomic E-state index is 0.0474. The van der Waals surface area contributed by atoms with Crippen LogP contribution in [0.2, 0.25) is 0 Å². The Morgan fingerprint density at radius 2 is 2.00 bits per heavy atom. The molecule has 0 aliphatic heterocycles. The summed E-state index contributed by atoms with van der Waals surface area (Å²) in [6.07, 6.45) is 0.804. The fourth-order valence-electron chi connectivity index (χ4n) is 1.26. The van der Waals surface area contributed by atoms with Gasteiger partial charge in [0.2, 0.25) is 0 Å². The van der Waals surface area contributed by atoms with Crippen LogP contribution in [0.15, 0.2) is 0 Å². The first kappa shape index (κ1) is 15.7. The number of carboxylic acids is 1. The number of carbonyl (C=O) groups excluding carboxylic acids is 1. The maximum Gasteiger partial charge on any atom is 0.325 e. The molecule has 17 heavy (non-hydrogen) atoms. The van der Waals surface area contributed by atoms with Crippen molar-refractivity contribution < 1.29 is 19.4 Å². The van der Waals surface area contributed by atoms with Crippen molar-refractivity contribution in [3.8, 4) is 0 Å². The highest BCUT2D eigenvalue weighted by Crippen LogP contribution is 2.04. The highest BCUT2D eigenvalue weighted by atomic mass is 16.5. The SMILES string of the molecule is CCC(C)N(CCOC)C(=O)NC(C)C(=O)O. The average Bonchev–Trinajstić information content (AvgIpc) is 2.28. The Bertz CT molecular complexity index is 258. The van der Waals surface area contributed by atoms with Gasteiger partial charge in [-0.2, -0.15) is 0 Å². The lowest BCUT2D eigenvalue weighted by Crippen LogP contribution is -2.50.